The summed E-state index contributed by atoms with van der Waals surface area (Å²) in [5.41, 5.74) is 2.04. The third-order valence-electron chi connectivity index (χ3n) is 4.18. The predicted octanol–water partition coefficient (Wildman–Crippen LogP) is 2.57. The van der Waals surface area contributed by atoms with Crippen molar-refractivity contribution >= 4 is 5.91 Å². The fraction of sp³-hybridized carbons (Fsp3) is 0.412. The van der Waals surface area contributed by atoms with Crippen molar-refractivity contribution in [3.63, 3.8) is 0 Å². The van der Waals surface area contributed by atoms with Crippen molar-refractivity contribution in [1.82, 2.24) is 14.7 Å². The monoisotopic (exact) mass is 317 g/mol. The number of morpholine rings is 1. The van der Waals surface area contributed by atoms with Crippen molar-refractivity contribution in [3.8, 4) is 5.69 Å². The van der Waals surface area contributed by atoms with E-state index in [1.165, 1.54) is 12.1 Å². The van der Waals surface area contributed by atoms with Crippen LogP contribution < -0.4 is 0 Å². The Morgan fingerprint density at radius 1 is 1.30 bits per heavy atom. The second-order valence-electron chi connectivity index (χ2n) is 5.98. The van der Waals surface area contributed by atoms with Crippen LogP contribution in [0.25, 0.3) is 5.69 Å². The smallest absolute Gasteiger partial charge is 0.257 e. The number of halogens is 1. The zero-order valence-electron chi connectivity index (χ0n) is 13.5. The highest BCUT2D eigenvalue weighted by Gasteiger charge is 2.30. The minimum absolute atomic E-state index is 0.0302. The van der Waals surface area contributed by atoms with Gasteiger partial charge in [-0.3, -0.25) is 4.79 Å². The van der Waals surface area contributed by atoms with Gasteiger partial charge in [-0.2, -0.15) is 5.10 Å². The highest BCUT2D eigenvalue weighted by molar-refractivity contribution is 5.95. The molecule has 1 aliphatic rings. The van der Waals surface area contributed by atoms with E-state index in [0.29, 0.717) is 18.7 Å². The van der Waals surface area contributed by atoms with Gasteiger partial charge >= 0.3 is 0 Å². The average Bonchev–Trinajstić information content (AvgIpc) is 2.91. The molecule has 23 heavy (non-hydrogen) atoms. The molecule has 3 rings (SSSR count). The summed E-state index contributed by atoms with van der Waals surface area (Å²) in [5, 5.41) is 4.29. The number of hydrogen-bond donors (Lipinski definition) is 0. The van der Waals surface area contributed by atoms with Gasteiger partial charge in [0.1, 0.15) is 5.82 Å². The van der Waals surface area contributed by atoms with E-state index in [1.54, 1.807) is 23.0 Å². The van der Waals surface area contributed by atoms with Crippen molar-refractivity contribution < 1.29 is 13.9 Å². The maximum atomic E-state index is 13.1. The third-order valence-corrected chi connectivity index (χ3v) is 4.18. The molecular weight excluding hydrogens is 297 g/mol. The fourth-order valence-corrected chi connectivity index (χ4v) is 2.80. The molecule has 0 radical (unpaired) electrons. The Morgan fingerprint density at radius 3 is 2.70 bits per heavy atom. The van der Waals surface area contributed by atoms with Crippen LogP contribution in [-0.4, -0.2) is 45.9 Å². The van der Waals surface area contributed by atoms with Crippen molar-refractivity contribution in [1.29, 1.82) is 0 Å². The van der Waals surface area contributed by atoms with Crippen LogP contribution in [0.5, 0.6) is 0 Å². The van der Waals surface area contributed by atoms with Gasteiger partial charge in [-0.25, -0.2) is 9.07 Å². The molecule has 5 nitrogen and oxygen atoms in total. The topological polar surface area (TPSA) is 47.4 Å². The molecule has 1 aliphatic heterocycles. The van der Waals surface area contributed by atoms with E-state index >= 15 is 0 Å². The van der Waals surface area contributed by atoms with Gasteiger partial charge in [-0.05, 0) is 45.0 Å². The van der Waals surface area contributed by atoms with Crippen molar-refractivity contribution in [3.05, 3.63) is 47.5 Å². The van der Waals surface area contributed by atoms with Crippen LogP contribution in [0.3, 0.4) is 0 Å². The van der Waals surface area contributed by atoms with Gasteiger partial charge in [0.15, 0.2) is 0 Å². The number of carbonyl (C=O) groups excluding carboxylic acids is 1. The summed E-state index contributed by atoms with van der Waals surface area (Å²) >= 11 is 0. The first kappa shape index (κ1) is 15.7. The molecule has 0 bridgehead atoms. The van der Waals surface area contributed by atoms with E-state index in [2.05, 4.69) is 5.10 Å². The summed E-state index contributed by atoms with van der Waals surface area (Å²) in [7, 11) is 0. The molecule has 0 aliphatic carbocycles. The molecule has 6 heteroatoms. The summed E-state index contributed by atoms with van der Waals surface area (Å²) in [4.78, 5) is 14.7. The number of ether oxygens (including phenoxy) is 1. The van der Waals surface area contributed by atoms with E-state index in [1.807, 2.05) is 25.7 Å². The van der Waals surface area contributed by atoms with Crippen LogP contribution in [0.15, 0.2) is 30.5 Å². The molecule has 1 saturated heterocycles. The van der Waals surface area contributed by atoms with Crippen LogP contribution in [0.1, 0.15) is 29.9 Å². The summed E-state index contributed by atoms with van der Waals surface area (Å²) in [5.74, 6) is -0.343. The number of rotatable bonds is 2. The number of nitrogens with zero attached hydrogens (tertiary/aromatic N) is 3. The predicted molar refractivity (Wildman–Crippen MR) is 84.2 cm³/mol. The number of carbonyl (C=O) groups is 1. The molecule has 0 N–H and O–H groups in total. The lowest BCUT2D eigenvalue weighted by Gasteiger charge is -2.36. The normalized spacial score (nSPS) is 21.5. The van der Waals surface area contributed by atoms with E-state index < -0.39 is 0 Å². The van der Waals surface area contributed by atoms with Gasteiger partial charge < -0.3 is 9.64 Å². The molecule has 122 valence electrons. The summed E-state index contributed by atoms with van der Waals surface area (Å²) in [6.45, 7) is 6.89. The molecule has 2 unspecified atom stereocenters. The highest BCUT2D eigenvalue weighted by Crippen LogP contribution is 2.20. The van der Waals surface area contributed by atoms with Crippen molar-refractivity contribution in [2.24, 2.45) is 0 Å². The lowest BCUT2D eigenvalue weighted by molar-refractivity contribution is -0.0387. The number of aromatic nitrogens is 2. The Kier molecular flexibility index (Phi) is 4.17. The molecule has 0 saturated carbocycles. The quantitative estimate of drug-likeness (QED) is 0.855. The maximum Gasteiger partial charge on any atom is 0.257 e. The van der Waals surface area contributed by atoms with Gasteiger partial charge in [-0.1, -0.05) is 0 Å². The van der Waals surface area contributed by atoms with E-state index in [0.717, 1.165) is 11.4 Å². The Balaban J connectivity index is 1.89. The second-order valence-corrected chi connectivity index (χ2v) is 5.98. The first-order chi connectivity index (χ1) is 11.0. The summed E-state index contributed by atoms with van der Waals surface area (Å²) < 4.78 is 20.3. The molecule has 1 fully saturated rings. The Labute approximate surface area is 134 Å². The minimum Gasteiger partial charge on any atom is -0.375 e. The SMILES string of the molecule is Cc1c(C(=O)N2CC(C)OCC2C)cnn1-c1ccc(F)cc1. The van der Waals surface area contributed by atoms with E-state index in [-0.39, 0.29) is 23.9 Å². The van der Waals surface area contributed by atoms with Gasteiger partial charge in [0.2, 0.25) is 0 Å². The van der Waals surface area contributed by atoms with E-state index in [4.69, 9.17) is 4.74 Å². The van der Waals surface area contributed by atoms with Crippen molar-refractivity contribution in [2.75, 3.05) is 13.2 Å². The average molecular weight is 317 g/mol. The summed E-state index contributed by atoms with van der Waals surface area (Å²) in [6, 6.07) is 6.08. The zero-order chi connectivity index (χ0) is 16.6. The second kappa shape index (κ2) is 6.12. The van der Waals surface area contributed by atoms with Crippen LogP contribution in [0.2, 0.25) is 0 Å². The molecule has 2 atom stereocenters. The number of hydrogen-bond acceptors (Lipinski definition) is 3. The Bertz CT molecular complexity index is 711. The molecule has 1 aromatic heterocycles. The highest BCUT2D eigenvalue weighted by atomic mass is 19.1. The molecule has 2 aromatic rings. The van der Waals surface area contributed by atoms with Gasteiger partial charge in [-0.15, -0.1) is 0 Å². The molecule has 2 heterocycles. The summed E-state index contributed by atoms with van der Waals surface area (Å²) in [6.07, 6.45) is 1.61. The van der Waals surface area contributed by atoms with Gasteiger partial charge in [0, 0.05) is 6.54 Å². The Morgan fingerprint density at radius 2 is 2.00 bits per heavy atom. The lowest BCUT2D eigenvalue weighted by atomic mass is 10.1. The molecule has 0 spiro atoms. The van der Waals surface area contributed by atoms with Crippen LogP contribution in [0, 0.1) is 12.7 Å². The van der Waals surface area contributed by atoms with E-state index in [9.17, 15) is 9.18 Å². The lowest BCUT2D eigenvalue weighted by Crippen LogP contribution is -2.50. The zero-order valence-corrected chi connectivity index (χ0v) is 13.5. The first-order valence-electron chi connectivity index (χ1n) is 7.70. The number of amides is 1. The van der Waals surface area contributed by atoms with Gasteiger partial charge in [0.05, 0.1) is 41.9 Å². The maximum absolute atomic E-state index is 13.1. The molecule has 1 amide bonds. The van der Waals surface area contributed by atoms with Crippen LogP contribution in [0.4, 0.5) is 4.39 Å². The standard InChI is InChI=1S/C17H20FN3O2/c1-11-10-23-12(2)9-20(11)17(22)16-8-19-21(13(16)3)15-6-4-14(18)5-7-15/h4-8,11-12H,9-10H2,1-3H3. The fourth-order valence-electron chi connectivity index (χ4n) is 2.80. The minimum atomic E-state index is -0.300. The number of benzene rings is 1. The molecular formula is C17H20FN3O2. The van der Waals surface area contributed by atoms with Gasteiger partial charge in [0.25, 0.3) is 5.91 Å². The third kappa shape index (κ3) is 2.99. The van der Waals surface area contributed by atoms with Crippen LogP contribution >= 0.6 is 0 Å². The van der Waals surface area contributed by atoms with Crippen molar-refractivity contribution in [2.45, 2.75) is 32.9 Å². The molecule has 1 aromatic carbocycles. The first-order valence-corrected chi connectivity index (χ1v) is 7.70. The largest absolute Gasteiger partial charge is 0.375 e. The Hall–Kier alpha value is -2.21. The van der Waals surface area contributed by atoms with Crippen LogP contribution in [-0.2, 0) is 4.74 Å².